The Hall–Kier alpha value is -1.88. The molecule has 0 aliphatic carbocycles. The maximum atomic E-state index is 11.3. The monoisotopic (exact) mass is 262 g/mol. The van der Waals surface area contributed by atoms with Crippen molar-refractivity contribution in [3.05, 3.63) is 29.7 Å². The van der Waals surface area contributed by atoms with Crippen molar-refractivity contribution in [2.45, 2.75) is 26.8 Å². The first-order valence-electron chi connectivity index (χ1n) is 6.25. The van der Waals surface area contributed by atoms with Crippen LogP contribution in [0.3, 0.4) is 0 Å². The molecule has 1 heterocycles. The van der Waals surface area contributed by atoms with Gasteiger partial charge in [-0.05, 0) is 23.6 Å². The number of rotatable bonds is 4. The van der Waals surface area contributed by atoms with Crippen molar-refractivity contribution in [3.8, 4) is 0 Å². The molecule has 2 unspecified atom stereocenters. The van der Waals surface area contributed by atoms with Gasteiger partial charge in [-0.3, -0.25) is 4.79 Å². The molecule has 1 aromatic carbocycles. The van der Waals surface area contributed by atoms with Gasteiger partial charge in [-0.25, -0.2) is 4.98 Å². The predicted molar refractivity (Wildman–Crippen MR) is 71.6 cm³/mol. The van der Waals surface area contributed by atoms with E-state index in [1.54, 1.807) is 19.1 Å². The van der Waals surface area contributed by atoms with Crippen LogP contribution in [0.4, 0.5) is 0 Å². The average Bonchev–Trinajstić information content (AvgIpc) is 2.66. The number of aliphatic carboxylic acids is 1. The van der Waals surface area contributed by atoms with Gasteiger partial charge in [-0.2, -0.15) is 0 Å². The molecule has 0 aliphatic rings. The van der Waals surface area contributed by atoms with Crippen molar-refractivity contribution in [1.29, 1.82) is 0 Å². The van der Waals surface area contributed by atoms with Gasteiger partial charge >= 0.3 is 5.97 Å². The molecule has 0 amide bonds. The third-order valence-corrected chi connectivity index (χ3v) is 3.29. The van der Waals surface area contributed by atoms with Crippen LogP contribution in [-0.4, -0.2) is 16.1 Å². The first-order valence-corrected chi connectivity index (χ1v) is 6.25. The van der Waals surface area contributed by atoms with Crippen molar-refractivity contribution < 1.29 is 14.3 Å². The van der Waals surface area contributed by atoms with Crippen LogP contribution in [0.1, 0.15) is 31.3 Å². The molecule has 0 fully saturated rings. The summed E-state index contributed by atoms with van der Waals surface area (Å²) in [7, 11) is 0. The van der Waals surface area contributed by atoms with Crippen LogP contribution in [0, 0.1) is 18.8 Å². The van der Waals surface area contributed by atoms with E-state index in [1.165, 1.54) is 0 Å². The Morgan fingerprint density at radius 2 is 2.11 bits per heavy atom. The van der Waals surface area contributed by atoms with Gasteiger partial charge in [0.25, 0.3) is 0 Å². The summed E-state index contributed by atoms with van der Waals surface area (Å²) in [6.45, 7) is 5.49. The second-order valence-electron chi connectivity index (χ2n) is 5.09. The fourth-order valence-electron chi connectivity index (χ4n) is 2.32. The first kappa shape index (κ1) is 13.5. The van der Waals surface area contributed by atoms with E-state index >= 15 is 0 Å². The Labute approximate surface area is 111 Å². The second-order valence-corrected chi connectivity index (χ2v) is 5.09. The van der Waals surface area contributed by atoms with Gasteiger partial charge in [-0.15, -0.1) is 0 Å². The number of oxazole rings is 1. The molecule has 0 radical (unpaired) electrons. The minimum absolute atomic E-state index is 0.0420. The lowest BCUT2D eigenvalue weighted by molar-refractivity contribution is -0.144. The van der Waals surface area contributed by atoms with Crippen LogP contribution in [0.5, 0.6) is 0 Å². The Morgan fingerprint density at radius 3 is 2.68 bits per heavy atom. The van der Waals surface area contributed by atoms with Crippen LogP contribution in [-0.2, 0) is 4.79 Å². The average molecular weight is 262 g/mol. The maximum absolute atomic E-state index is 11.3. The standard InChI is InChI=1S/C14H18N2O3/c1-7(2)12(14(17)18)13(15)9-4-5-10-11(6-9)19-8(3)16-10/h4-7,12-13H,15H2,1-3H3,(H,17,18). The van der Waals surface area contributed by atoms with E-state index < -0.39 is 17.9 Å². The number of nitrogens with zero attached hydrogens (tertiary/aromatic N) is 1. The molecule has 19 heavy (non-hydrogen) atoms. The minimum atomic E-state index is -0.878. The zero-order valence-corrected chi connectivity index (χ0v) is 11.3. The number of fused-ring (bicyclic) bond motifs is 1. The van der Waals surface area contributed by atoms with Gasteiger partial charge in [0.1, 0.15) is 5.52 Å². The quantitative estimate of drug-likeness (QED) is 0.883. The van der Waals surface area contributed by atoms with Gasteiger partial charge in [0.05, 0.1) is 5.92 Å². The summed E-state index contributed by atoms with van der Waals surface area (Å²) in [4.78, 5) is 15.5. The van der Waals surface area contributed by atoms with Gasteiger partial charge in [0, 0.05) is 13.0 Å². The molecular weight excluding hydrogens is 244 g/mol. The Morgan fingerprint density at radius 1 is 1.42 bits per heavy atom. The van der Waals surface area contributed by atoms with Crippen LogP contribution in [0.15, 0.2) is 22.6 Å². The minimum Gasteiger partial charge on any atom is -0.481 e. The molecule has 2 rings (SSSR count). The van der Waals surface area contributed by atoms with Crippen LogP contribution >= 0.6 is 0 Å². The predicted octanol–water partition coefficient (Wildman–Crippen LogP) is 2.49. The van der Waals surface area contributed by atoms with Crippen LogP contribution < -0.4 is 5.73 Å². The Kier molecular flexibility index (Phi) is 3.57. The van der Waals surface area contributed by atoms with E-state index in [-0.39, 0.29) is 5.92 Å². The molecule has 1 aromatic heterocycles. The van der Waals surface area contributed by atoms with E-state index in [2.05, 4.69) is 4.98 Å². The zero-order chi connectivity index (χ0) is 14.2. The number of carboxylic acid groups (broad SMARTS) is 1. The molecule has 2 atom stereocenters. The summed E-state index contributed by atoms with van der Waals surface area (Å²) in [6.07, 6.45) is 0. The molecular formula is C14H18N2O3. The highest BCUT2D eigenvalue weighted by molar-refractivity contribution is 5.75. The number of benzene rings is 1. The van der Waals surface area contributed by atoms with Crippen molar-refractivity contribution in [2.75, 3.05) is 0 Å². The third-order valence-electron chi connectivity index (χ3n) is 3.29. The summed E-state index contributed by atoms with van der Waals surface area (Å²) >= 11 is 0. The fourth-order valence-corrected chi connectivity index (χ4v) is 2.32. The normalized spacial score (nSPS) is 14.8. The highest BCUT2D eigenvalue weighted by atomic mass is 16.4. The number of hydrogen-bond acceptors (Lipinski definition) is 4. The summed E-state index contributed by atoms with van der Waals surface area (Å²) in [6, 6.07) is 4.83. The van der Waals surface area contributed by atoms with E-state index in [1.807, 2.05) is 19.9 Å². The Bertz CT molecular complexity index is 604. The number of carbonyl (C=O) groups is 1. The summed E-state index contributed by atoms with van der Waals surface area (Å²) in [5.74, 6) is -0.961. The van der Waals surface area contributed by atoms with E-state index in [4.69, 9.17) is 10.2 Å². The van der Waals surface area contributed by atoms with E-state index in [0.717, 1.165) is 11.1 Å². The molecule has 0 bridgehead atoms. The Balaban J connectivity index is 2.39. The molecule has 0 saturated heterocycles. The third kappa shape index (κ3) is 2.61. The second kappa shape index (κ2) is 5.01. The highest BCUT2D eigenvalue weighted by Crippen LogP contribution is 2.28. The molecule has 102 valence electrons. The lowest BCUT2D eigenvalue weighted by Gasteiger charge is -2.23. The van der Waals surface area contributed by atoms with Crippen LogP contribution in [0.2, 0.25) is 0 Å². The van der Waals surface area contributed by atoms with Gasteiger partial charge in [-0.1, -0.05) is 19.9 Å². The largest absolute Gasteiger partial charge is 0.481 e. The van der Waals surface area contributed by atoms with E-state index in [0.29, 0.717) is 11.5 Å². The van der Waals surface area contributed by atoms with Crippen molar-refractivity contribution >= 4 is 17.1 Å². The topological polar surface area (TPSA) is 89.3 Å². The first-order chi connectivity index (χ1) is 8.90. The molecule has 5 nitrogen and oxygen atoms in total. The summed E-state index contributed by atoms with van der Waals surface area (Å²) in [5, 5.41) is 9.28. The number of nitrogens with two attached hydrogens (primary N) is 1. The molecule has 0 spiro atoms. The van der Waals surface area contributed by atoms with Crippen molar-refractivity contribution in [2.24, 2.45) is 17.6 Å². The number of hydrogen-bond donors (Lipinski definition) is 2. The maximum Gasteiger partial charge on any atom is 0.308 e. The molecule has 3 N–H and O–H groups in total. The van der Waals surface area contributed by atoms with Crippen LogP contribution in [0.25, 0.3) is 11.1 Å². The SMILES string of the molecule is Cc1nc2ccc(C(N)C(C(=O)O)C(C)C)cc2o1. The smallest absolute Gasteiger partial charge is 0.308 e. The molecule has 0 saturated carbocycles. The molecule has 2 aromatic rings. The summed E-state index contributed by atoms with van der Waals surface area (Å²) in [5.41, 5.74) is 8.24. The fraction of sp³-hybridized carbons (Fsp3) is 0.429. The van der Waals surface area contributed by atoms with Gasteiger partial charge < -0.3 is 15.3 Å². The number of aromatic nitrogens is 1. The summed E-state index contributed by atoms with van der Waals surface area (Å²) < 4.78 is 5.45. The van der Waals surface area contributed by atoms with Gasteiger partial charge in [0.15, 0.2) is 11.5 Å². The number of aryl methyl sites for hydroxylation is 1. The van der Waals surface area contributed by atoms with Gasteiger partial charge in [0.2, 0.25) is 0 Å². The zero-order valence-electron chi connectivity index (χ0n) is 11.3. The number of carboxylic acids is 1. The lowest BCUT2D eigenvalue weighted by Crippen LogP contribution is -2.32. The van der Waals surface area contributed by atoms with E-state index in [9.17, 15) is 9.90 Å². The highest BCUT2D eigenvalue weighted by Gasteiger charge is 2.29. The lowest BCUT2D eigenvalue weighted by atomic mass is 9.85. The van der Waals surface area contributed by atoms with Crippen molar-refractivity contribution in [3.63, 3.8) is 0 Å². The molecule has 0 aliphatic heterocycles. The van der Waals surface area contributed by atoms with Crippen molar-refractivity contribution in [1.82, 2.24) is 4.98 Å². The molecule has 5 heteroatoms.